The molecule has 0 aliphatic heterocycles. The number of hydrogen-bond acceptors (Lipinski definition) is 3. The maximum atomic E-state index is 9.51. The molecule has 92 valence electrons. The summed E-state index contributed by atoms with van der Waals surface area (Å²) in [6, 6.07) is 9.20. The summed E-state index contributed by atoms with van der Waals surface area (Å²) in [7, 11) is 0. The first-order valence-electron chi connectivity index (χ1n) is 5.85. The van der Waals surface area contributed by atoms with Crippen LogP contribution in [0.1, 0.15) is 17.9 Å². The van der Waals surface area contributed by atoms with Crippen molar-refractivity contribution in [1.82, 2.24) is 4.98 Å². The van der Waals surface area contributed by atoms with Gasteiger partial charge in [-0.2, -0.15) is 0 Å². The highest BCUT2D eigenvalue weighted by molar-refractivity contribution is 6.31. The number of pyridine rings is 1. The molecule has 3 rings (SSSR count). The first kappa shape index (κ1) is 11.5. The Bertz CT molecular complexity index is 563. The van der Waals surface area contributed by atoms with Crippen molar-refractivity contribution in [3.05, 3.63) is 47.1 Å². The van der Waals surface area contributed by atoms with Gasteiger partial charge in [0.2, 0.25) is 0 Å². The summed E-state index contributed by atoms with van der Waals surface area (Å²) >= 11 is 5.91. The van der Waals surface area contributed by atoms with E-state index in [4.69, 9.17) is 17.3 Å². The zero-order valence-corrected chi connectivity index (χ0v) is 10.4. The van der Waals surface area contributed by atoms with Crippen molar-refractivity contribution >= 4 is 11.6 Å². The molecular weight excluding hydrogens is 248 g/mol. The third-order valence-electron chi connectivity index (χ3n) is 3.23. The Kier molecular flexibility index (Phi) is 2.73. The van der Waals surface area contributed by atoms with Crippen LogP contribution < -0.4 is 5.73 Å². The van der Waals surface area contributed by atoms with E-state index >= 15 is 0 Å². The van der Waals surface area contributed by atoms with Crippen LogP contribution in [0.3, 0.4) is 0 Å². The van der Waals surface area contributed by atoms with Crippen LogP contribution in [0.15, 0.2) is 36.5 Å². The van der Waals surface area contributed by atoms with Gasteiger partial charge in [0.25, 0.3) is 0 Å². The van der Waals surface area contributed by atoms with Crippen LogP contribution in [0, 0.1) is 0 Å². The largest absolute Gasteiger partial charge is 0.508 e. The second-order valence-electron chi connectivity index (χ2n) is 4.68. The minimum atomic E-state index is 0.146. The monoisotopic (exact) mass is 260 g/mol. The zero-order valence-electron chi connectivity index (χ0n) is 9.68. The highest BCUT2D eigenvalue weighted by Gasteiger charge is 2.34. The molecule has 3 N–H and O–H groups in total. The molecule has 1 saturated carbocycles. The van der Waals surface area contributed by atoms with Crippen molar-refractivity contribution in [1.29, 1.82) is 0 Å². The van der Waals surface area contributed by atoms with Crippen molar-refractivity contribution in [2.45, 2.75) is 18.4 Å². The minimum Gasteiger partial charge on any atom is -0.508 e. The Morgan fingerprint density at radius 3 is 2.61 bits per heavy atom. The standard InChI is InChI=1S/C14H13ClN2O/c15-10-3-9(4-11(18)5-10)14-2-1-8(7-17-14)12-6-13(12)16/h1-5,7,12-13,18H,6,16H2/t12-,13+/m1/s1. The van der Waals surface area contributed by atoms with Gasteiger partial charge in [0, 0.05) is 28.7 Å². The van der Waals surface area contributed by atoms with Gasteiger partial charge >= 0.3 is 0 Å². The maximum Gasteiger partial charge on any atom is 0.117 e. The van der Waals surface area contributed by atoms with E-state index in [0.717, 1.165) is 17.7 Å². The molecule has 1 aromatic heterocycles. The molecule has 0 bridgehead atoms. The van der Waals surface area contributed by atoms with Crippen LogP contribution in [-0.2, 0) is 0 Å². The number of nitrogens with zero attached hydrogens (tertiary/aromatic N) is 1. The Morgan fingerprint density at radius 2 is 2.06 bits per heavy atom. The minimum absolute atomic E-state index is 0.146. The van der Waals surface area contributed by atoms with Crippen LogP contribution in [0.25, 0.3) is 11.3 Å². The van der Waals surface area contributed by atoms with Gasteiger partial charge in [-0.1, -0.05) is 17.7 Å². The average Bonchev–Trinajstić information content (AvgIpc) is 3.05. The Hall–Kier alpha value is -1.58. The molecule has 1 aromatic carbocycles. The first-order valence-corrected chi connectivity index (χ1v) is 6.23. The fourth-order valence-electron chi connectivity index (χ4n) is 2.12. The quantitative estimate of drug-likeness (QED) is 0.873. The molecule has 2 atom stereocenters. The highest BCUT2D eigenvalue weighted by atomic mass is 35.5. The number of phenols is 1. The van der Waals surface area contributed by atoms with Gasteiger partial charge in [0.05, 0.1) is 5.69 Å². The lowest BCUT2D eigenvalue weighted by Crippen LogP contribution is -2.01. The second-order valence-corrected chi connectivity index (χ2v) is 5.12. The van der Waals surface area contributed by atoms with Crippen LogP contribution in [-0.4, -0.2) is 16.1 Å². The highest BCUT2D eigenvalue weighted by Crippen LogP contribution is 2.39. The number of aromatic hydroxyl groups is 1. The Morgan fingerprint density at radius 1 is 1.28 bits per heavy atom. The van der Waals surface area contributed by atoms with Crippen LogP contribution in [0.2, 0.25) is 5.02 Å². The fraction of sp³-hybridized carbons (Fsp3) is 0.214. The third kappa shape index (κ3) is 2.19. The van der Waals surface area contributed by atoms with Gasteiger partial charge < -0.3 is 10.8 Å². The third-order valence-corrected chi connectivity index (χ3v) is 3.45. The molecule has 3 nitrogen and oxygen atoms in total. The van der Waals surface area contributed by atoms with Crippen LogP contribution in [0.5, 0.6) is 5.75 Å². The average molecular weight is 261 g/mol. The molecule has 0 unspecified atom stereocenters. The molecule has 1 fully saturated rings. The van der Waals surface area contributed by atoms with Crippen molar-refractivity contribution < 1.29 is 5.11 Å². The lowest BCUT2D eigenvalue weighted by Gasteiger charge is -2.04. The van der Waals surface area contributed by atoms with E-state index in [1.165, 1.54) is 11.6 Å². The van der Waals surface area contributed by atoms with Crippen molar-refractivity contribution in [3.63, 3.8) is 0 Å². The number of rotatable bonds is 2. The Balaban J connectivity index is 1.92. The van der Waals surface area contributed by atoms with Gasteiger partial charge in [0.1, 0.15) is 5.75 Å². The summed E-state index contributed by atoms with van der Waals surface area (Å²) in [6.07, 6.45) is 2.89. The molecule has 18 heavy (non-hydrogen) atoms. The summed E-state index contributed by atoms with van der Waals surface area (Å²) in [5, 5.41) is 10.0. The van der Waals surface area contributed by atoms with Crippen molar-refractivity contribution in [3.8, 4) is 17.0 Å². The van der Waals surface area contributed by atoms with E-state index in [1.54, 1.807) is 12.1 Å². The van der Waals surface area contributed by atoms with Gasteiger partial charge in [-0.05, 0) is 36.2 Å². The number of phenolic OH excluding ortho intramolecular Hbond substituents is 1. The van der Waals surface area contributed by atoms with Gasteiger partial charge in [-0.3, -0.25) is 4.98 Å². The molecule has 1 heterocycles. The fourth-order valence-corrected chi connectivity index (χ4v) is 2.34. The van der Waals surface area contributed by atoms with E-state index in [2.05, 4.69) is 4.98 Å². The van der Waals surface area contributed by atoms with E-state index in [1.807, 2.05) is 18.3 Å². The smallest absolute Gasteiger partial charge is 0.117 e. The zero-order chi connectivity index (χ0) is 12.7. The Labute approximate surface area is 110 Å². The number of aromatic nitrogens is 1. The number of benzene rings is 1. The molecule has 0 saturated heterocycles. The van der Waals surface area contributed by atoms with E-state index in [0.29, 0.717) is 10.9 Å². The molecule has 2 aromatic rings. The molecule has 0 amide bonds. The van der Waals surface area contributed by atoms with Crippen LogP contribution >= 0.6 is 11.6 Å². The molecule has 1 aliphatic rings. The number of halogens is 1. The normalized spacial score (nSPS) is 21.9. The molecular formula is C14H13ClN2O. The van der Waals surface area contributed by atoms with Gasteiger partial charge in [-0.15, -0.1) is 0 Å². The van der Waals surface area contributed by atoms with Crippen molar-refractivity contribution in [2.24, 2.45) is 5.73 Å². The van der Waals surface area contributed by atoms with E-state index in [-0.39, 0.29) is 11.8 Å². The molecule has 0 radical (unpaired) electrons. The SMILES string of the molecule is N[C@H]1C[C@@H]1c1ccc(-c2cc(O)cc(Cl)c2)nc1. The maximum absolute atomic E-state index is 9.51. The van der Waals surface area contributed by atoms with Gasteiger partial charge in [0.15, 0.2) is 0 Å². The first-order chi connectivity index (χ1) is 8.63. The predicted molar refractivity (Wildman–Crippen MR) is 71.7 cm³/mol. The summed E-state index contributed by atoms with van der Waals surface area (Å²) in [5.41, 5.74) is 8.60. The lowest BCUT2D eigenvalue weighted by atomic mass is 10.1. The van der Waals surface area contributed by atoms with Crippen LogP contribution in [0.4, 0.5) is 0 Å². The van der Waals surface area contributed by atoms with Gasteiger partial charge in [-0.25, -0.2) is 0 Å². The lowest BCUT2D eigenvalue weighted by molar-refractivity contribution is 0.475. The molecule has 1 aliphatic carbocycles. The summed E-state index contributed by atoms with van der Waals surface area (Å²) in [6.45, 7) is 0. The predicted octanol–water partition coefficient (Wildman–Crippen LogP) is 2.92. The number of hydrogen-bond donors (Lipinski definition) is 2. The topological polar surface area (TPSA) is 59.1 Å². The number of nitrogens with two attached hydrogens (primary N) is 1. The van der Waals surface area contributed by atoms with E-state index < -0.39 is 0 Å². The second kappa shape index (κ2) is 4.26. The van der Waals surface area contributed by atoms with Crippen molar-refractivity contribution in [2.75, 3.05) is 0 Å². The molecule has 4 heteroatoms. The van der Waals surface area contributed by atoms with E-state index in [9.17, 15) is 5.11 Å². The summed E-state index contributed by atoms with van der Waals surface area (Å²) in [4.78, 5) is 4.40. The summed E-state index contributed by atoms with van der Waals surface area (Å²) < 4.78 is 0. The summed E-state index contributed by atoms with van der Waals surface area (Å²) in [5.74, 6) is 0.604. The molecule has 0 spiro atoms.